The second-order valence-corrected chi connectivity index (χ2v) is 5.81. The fourth-order valence-electron chi connectivity index (χ4n) is 2.48. The minimum absolute atomic E-state index is 0.00324. The smallest absolute Gasteiger partial charge is 0.255 e. The highest BCUT2D eigenvalue weighted by molar-refractivity contribution is 6.31. The molecule has 0 saturated carbocycles. The number of nitrogens with one attached hydrogen (secondary N) is 1. The van der Waals surface area contributed by atoms with Crippen LogP contribution in [0.4, 0.5) is 0 Å². The molecular weight excluding hydrogens is 327 g/mol. The summed E-state index contributed by atoms with van der Waals surface area (Å²) in [5.74, 6) is 0.192. The van der Waals surface area contributed by atoms with Crippen LogP contribution in [-0.2, 0) is 4.79 Å². The van der Waals surface area contributed by atoms with Crippen molar-refractivity contribution in [1.82, 2.24) is 10.2 Å². The van der Waals surface area contributed by atoms with Crippen molar-refractivity contribution < 1.29 is 14.3 Å². The van der Waals surface area contributed by atoms with Gasteiger partial charge in [0.1, 0.15) is 11.6 Å². The van der Waals surface area contributed by atoms with E-state index in [0.29, 0.717) is 42.3 Å². The lowest BCUT2D eigenvalue weighted by Gasteiger charge is -2.32. The second kappa shape index (κ2) is 7.70. The Kier molecular flexibility index (Phi) is 5.91. The number of amides is 2. The van der Waals surface area contributed by atoms with Crippen molar-refractivity contribution in [1.29, 1.82) is 0 Å². The summed E-state index contributed by atoms with van der Waals surface area (Å²) in [7, 11) is 1.51. The van der Waals surface area contributed by atoms with Gasteiger partial charge >= 0.3 is 0 Å². The van der Waals surface area contributed by atoms with Crippen LogP contribution in [0.25, 0.3) is 0 Å². The summed E-state index contributed by atoms with van der Waals surface area (Å²) in [5.41, 5.74) is 0.411. The molecule has 1 aromatic rings. The molecule has 1 aromatic carbocycles. The number of benzene rings is 1. The number of likely N-dealkylation sites (tertiary alicyclic amines) is 1. The predicted molar refractivity (Wildman–Crippen MR) is 85.8 cm³/mol. The maximum absolute atomic E-state index is 12.4. The Bertz CT molecular complexity index is 558. The molecule has 1 saturated heterocycles. The number of alkyl halides is 1. The van der Waals surface area contributed by atoms with Crippen LogP contribution in [0.1, 0.15) is 23.2 Å². The molecule has 0 spiro atoms. The Morgan fingerprint density at radius 2 is 2.05 bits per heavy atom. The Morgan fingerprint density at radius 3 is 2.64 bits per heavy atom. The number of carbonyl (C=O) groups is 2. The molecule has 120 valence electrons. The molecule has 22 heavy (non-hydrogen) atoms. The fraction of sp³-hybridized carbons (Fsp3) is 0.467. The Morgan fingerprint density at radius 1 is 1.36 bits per heavy atom. The predicted octanol–water partition coefficient (Wildman–Crippen LogP) is 2.31. The van der Waals surface area contributed by atoms with Gasteiger partial charge < -0.3 is 15.0 Å². The first-order valence-corrected chi connectivity index (χ1v) is 7.94. The van der Waals surface area contributed by atoms with Gasteiger partial charge in [-0.3, -0.25) is 9.59 Å². The summed E-state index contributed by atoms with van der Waals surface area (Å²) in [6, 6.07) is 4.95. The molecule has 0 aromatic heterocycles. The summed E-state index contributed by atoms with van der Waals surface area (Å²) in [4.78, 5) is 25.6. The molecule has 1 aliphatic heterocycles. The number of hydrogen-bond donors (Lipinski definition) is 1. The fourth-order valence-corrected chi connectivity index (χ4v) is 2.82. The van der Waals surface area contributed by atoms with E-state index in [1.807, 2.05) is 0 Å². The van der Waals surface area contributed by atoms with Crippen LogP contribution < -0.4 is 10.1 Å². The average Bonchev–Trinajstić information content (AvgIpc) is 2.54. The van der Waals surface area contributed by atoms with Gasteiger partial charge in [0.05, 0.1) is 12.7 Å². The molecule has 1 fully saturated rings. The maximum Gasteiger partial charge on any atom is 0.255 e. The van der Waals surface area contributed by atoms with E-state index in [2.05, 4.69) is 5.32 Å². The lowest BCUT2D eigenvalue weighted by atomic mass is 10.0. The number of methoxy groups -OCH3 is 1. The van der Waals surface area contributed by atoms with E-state index in [-0.39, 0.29) is 23.7 Å². The van der Waals surface area contributed by atoms with Crippen molar-refractivity contribution in [2.45, 2.75) is 18.9 Å². The number of rotatable bonds is 4. The summed E-state index contributed by atoms with van der Waals surface area (Å²) in [6.45, 7) is 1.20. The second-order valence-electron chi connectivity index (χ2n) is 5.11. The van der Waals surface area contributed by atoms with Crippen LogP contribution in [0.2, 0.25) is 5.02 Å². The third kappa shape index (κ3) is 4.05. The first-order valence-electron chi connectivity index (χ1n) is 7.03. The highest BCUT2D eigenvalue weighted by Crippen LogP contribution is 2.23. The largest absolute Gasteiger partial charge is 0.496 e. The summed E-state index contributed by atoms with van der Waals surface area (Å²) < 4.78 is 5.19. The van der Waals surface area contributed by atoms with E-state index in [9.17, 15) is 9.59 Å². The third-order valence-electron chi connectivity index (χ3n) is 3.70. The topological polar surface area (TPSA) is 58.6 Å². The number of carbonyl (C=O) groups excluding carboxylic acids is 2. The van der Waals surface area contributed by atoms with Gasteiger partial charge in [-0.25, -0.2) is 0 Å². The van der Waals surface area contributed by atoms with Gasteiger partial charge in [-0.15, -0.1) is 11.6 Å². The maximum atomic E-state index is 12.4. The normalized spacial score (nSPS) is 15.5. The summed E-state index contributed by atoms with van der Waals surface area (Å²) in [5, 5.41) is 3.45. The zero-order chi connectivity index (χ0) is 16.1. The lowest BCUT2D eigenvalue weighted by Crippen LogP contribution is -2.46. The van der Waals surface area contributed by atoms with E-state index in [4.69, 9.17) is 27.9 Å². The molecule has 7 heteroatoms. The van der Waals surface area contributed by atoms with Gasteiger partial charge in [-0.05, 0) is 31.0 Å². The van der Waals surface area contributed by atoms with Crippen molar-refractivity contribution >= 4 is 35.0 Å². The Balaban J connectivity index is 1.96. The molecule has 2 amide bonds. The SMILES string of the molecule is COc1ccc(Cl)cc1C(=O)NC1CCN(C(=O)CCl)CC1. The first kappa shape index (κ1) is 16.9. The summed E-state index contributed by atoms with van der Waals surface area (Å²) >= 11 is 11.5. The number of ether oxygens (including phenoxy) is 1. The van der Waals surface area contributed by atoms with Crippen molar-refractivity contribution in [3.8, 4) is 5.75 Å². The quantitative estimate of drug-likeness (QED) is 0.852. The first-order chi connectivity index (χ1) is 10.5. The average molecular weight is 345 g/mol. The Hall–Kier alpha value is -1.46. The molecule has 0 radical (unpaired) electrons. The van der Waals surface area contributed by atoms with E-state index in [0.717, 1.165) is 0 Å². The molecule has 1 heterocycles. The van der Waals surface area contributed by atoms with E-state index in [1.165, 1.54) is 7.11 Å². The van der Waals surface area contributed by atoms with Crippen molar-refractivity contribution in [2.24, 2.45) is 0 Å². The standard InChI is InChI=1S/C15H18Cl2N2O3/c1-22-13-3-2-10(17)8-12(13)15(21)18-11-4-6-19(7-5-11)14(20)9-16/h2-3,8,11H,4-7,9H2,1H3,(H,18,21). The van der Waals surface area contributed by atoms with Crippen LogP contribution in [0.15, 0.2) is 18.2 Å². The third-order valence-corrected chi connectivity index (χ3v) is 4.17. The van der Waals surface area contributed by atoms with Crippen LogP contribution in [0.5, 0.6) is 5.75 Å². The number of piperidine rings is 1. The molecule has 2 rings (SSSR count). The molecule has 0 bridgehead atoms. The zero-order valence-corrected chi connectivity index (χ0v) is 13.8. The molecule has 1 aliphatic rings. The van der Waals surface area contributed by atoms with Crippen LogP contribution >= 0.6 is 23.2 Å². The molecular formula is C15H18Cl2N2O3. The Labute approximate surface area is 139 Å². The minimum atomic E-state index is -0.221. The number of nitrogens with zero attached hydrogens (tertiary/aromatic N) is 1. The van der Waals surface area contributed by atoms with Gasteiger partial charge in [-0.2, -0.15) is 0 Å². The zero-order valence-electron chi connectivity index (χ0n) is 12.3. The molecule has 5 nitrogen and oxygen atoms in total. The van der Waals surface area contributed by atoms with Gasteiger partial charge in [0, 0.05) is 24.2 Å². The van der Waals surface area contributed by atoms with Crippen molar-refractivity contribution in [2.75, 3.05) is 26.1 Å². The highest BCUT2D eigenvalue weighted by atomic mass is 35.5. The van der Waals surface area contributed by atoms with E-state index >= 15 is 0 Å². The minimum Gasteiger partial charge on any atom is -0.496 e. The van der Waals surface area contributed by atoms with Gasteiger partial charge in [-0.1, -0.05) is 11.6 Å². The van der Waals surface area contributed by atoms with Crippen LogP contribution in [0.3, 0.4) is 0 Å². The van der Waals surface area contributed by atoms with Crippen LogP contribution in [0, 0.1) is 0 Å². The van der Waals surface area contributed by atoms with E-state index in [1.54, 1.807) is 23.1 Å². The highest BCUT2D eigenvalue weighted by Gasteiger charge is 2.24. The van der Waals surface area contributed by atoms with Gasteiger partial charge in [0.25, 0.3) is 5.91 Å². The monoisotopic (exact) mass is 344 g/mol. The number of hydrogen-bond acceptors (Lipinski definition) is 3. The molecule has 0 atom stereocenters. The number of halogens is 2. The lowest BCUT2D eigenvalue weighted by molar-refractivity contribution is -0.129. The van der Waals surface area contributed by atoms with Gasteiger partial charge in [0.15, 0.2) is 0 Å². The van der Waals surface area contributed by atoms with Crippen LogP contribution in [-0.4, -0.2) is 48.8 Å². The summed E-state index contributed by atoms with van der Waals surface area (Å²) in [6.07, 6.45) is 1.41. The van der Waals surface area contributed by atoms with Gasteiger partial charge in [0.2, 0.25) is 5.91 Å². The van der Waals surface area contributed by atoms with E-state index < -0.39 is 0 Å². The molecule has 1 N–H and O–H groups in total. The molecule has 0 unspecified atom stereocenters. The van der Waals surface area contributed by atoms with Crippen molar-refractivity contribution in [3.05, 3.63) is 28.8 Å². The van der Waals surface area contributed by atoms with Crippen molar-refractivity contribution in [3.63, 3.8) is 0 Å². The molecule has 0 aliphatic carbocycles.